The zero-order valence-corrected chi connectivity index (χ0v) is 19.3. The van der Waals surface area contributed by atoms with Crippen LogP contribution in [0.15, 0.2) is 21.5 Å². The maximum absolute atomic E-state index is 6.30. The number of halogens is 2. The molecule has 0 unspecified atom stereocenters. The Balaban J connectivity index is 0.00000364. The van der Waals surface area contributed by atoms with E-state index in [4.69, 9.17) is 25.5 Å². The Bertz CT molecular complexity index is 761. The molecule has 0 fully saturated rings. The molecular formula is C18H26ClIN4O3. The molecular weight excluding hydrogens is 483 g/mol. The summed E-state index contributed by atoms with van der Waals surface area (Å²) in [6, 6.07) is 3.73. The number of aryl methyl sites for hydroxylation is 2. The molecule has 7 nitrogen and oxygen atoms in total. The van der Waals surface area contributed by atoms with Gasteiger partial charge in [0.25, 0.3) is 0 Å². The van der Waals surface area contributed by atoms with Crippen molar-refractivity contribution in [2.24, 2.45) is 4.99 Å². The number of aromatic nitrogens is 1. The highest BCUT2D eigenvalue weighted by molar-refractivity contribution is 14.0. The molecule has 0 bridgehead atoms. The SMILES string of the molecule is CCOc1c(Cl)cc(CNC(=NC)NCc2nc(C)c(C)o2)cc1OC.I. The third-order valence-corrected chi connectivity index (χ3v) is 4.02. The number of guanidine groups is 1. The molecule has 0 aliphatic heterocycles. The number of rotatable bonds is 7. The van der Waals surface area contributed by atoms with E-state index in [1.165, 1.54) is 0 Å². The maximum atomic E-state index is 6.30. The van der Waals surface area contributed by atoms with E-state index in [2.05, 4.69) is 20.6 Å². The van der Waals surface area contributed by atoms with Gasteiger partial charge < -0.3 is 24.5 Å². The van der Waals surface area contributed by atoms with E-state index in [0.29, 0.717) is 48.1 Å². The topological polar surface area (TPSA) is 80.9 Å². The summed E-state index contributed by atoms with van der Waals surface area (Å²) in [7, 11) is 3.29. The Morgan fingerprint density at radius 2 is 1.96 bits per heavy atom. The fourth-order valence-corrected chi connectivity index (χ4v) is 2.63. The van der Waals surface area contributed by atoms with Gasteiger partial charge in [0.05, 0.1) is 31.0 Å². The van der Waals surface area contributed by atoms with Crippen LogP contribution in [-0.2, 0) is 13.1 Å². The van der Waals surface area contributed by atoms with Crippen molar-refractivity contribution in [2.45, 2.75) is 33.9 Å². The summed E-state index contributed by atoms with van der Waals surface area (Å²) in [5.41, 5.74) is 1.84. The van der Waals surface area contributed by atoms with Crippen molar-refractivity contribution in [2.75, 3.05) is 20.8 Å². The minimum Gasteiger partial charge on any atom is -0.493 e. The number of ether oxygens (including phenoxy) is 2. The van der Waals surface area contributed by atoms with Crippen molar-refractivity contribution in [1.82, 2.24) is 15.6 Å². The lowest BCUT2D eigenvalue weighted by atomic mass is 10.2. The number of benzene rings is 1. The monoisotopic (exact) mass is 508 g/mol. The Morgan fingerprint density at radius 1 is 1.26 bits per heavy atom. The molecule has 2 aromatic rings. The third kappa shape index (κ3) is 6.46. The largest absolute Gasteiger partial charge is 0.493 e. The Hall–Kier alpha value is -1.68. The van der Waals surface area contributed by atoms with Crippen LogP contribution in [0.3, 0.4) is 0 Å². The van der Waals surface area contributed by atoms with Crippen LogP contribution in [0.1, 0.15) is 29.8 Å². The van der Waals surface area contributed by atoms with Gasteiger partial charge in [-0.25, -0.2) is 4.98 Å². The van der Waals surface area contributed by atoms with Gasteiger partial charge >= 0.3 is 0 Å². The molecule has 150 valence electrons. The quantitative estimate of drug-likeness (QED) is 0.336. The minimum absolute atomic E-state index is 0. The third-order valence-electron chi connectivity index (χ3n) is 3.74. The molecule has 9 heteroatoms. The lowest BCUT2D eigenvalue weighted by molar-refractivity contribution is 0.311. The predicted molar refractivity (Wildman–Crippen MR) is 118 cm³/mol. The van der Waals surface area contributed by atoms with Crippen LogP contribution in [-0.4, -0.2) is 31.7 Å². The Labute approximate surface area is 181 Å². The van der Waals surface area contributed by atoms with Crippen molar-refractivity contribution in [3.63, 3.8) is 0 Å². The van der Waals surface area contributed by atoms with Gasteiger partial charge in [0.1, 0.15) is 5.76 Å². The minimum atomic E-state index is 0. The fraction of sp³-hybridized carbons (Fsp3) is 0.444. The van der Waals surface area contributed by atoms with Crippen LogP contribution in [0.5, 0.6) is 11.5 Å². The van der Waals surface area contributed by atoms with E-state index in [1.54, 1.807) is 14.2 Å². The van der Waals surface area contributed by atoms with E-state index < -0.39 is 0 Å². The molecule has 0 atom stereocenters. The van der Waals surface area contributed by atoms with Crippen molar-refractivity contribution in [3.8, 4) is 11.5 Å². The van der Waals surface area contributed by atoms with Gasteiger partial charge in [-0.1, -0.05) is 11.6 Å². The van der Waals surface area contributed by atoms with Gasteiger partial charge in [0, 0.05) is 13.6 Å². The van der Waals surface area contributed by atoms with Crippen LogP contribution >= 0.6 is 35.6 Å². The normalized spacial score (nSPS) is 11.0. The Kier molecular flexibility index (Phi) is 9.71. The van der Waals surface area contributed by atoms with Crippen molar-refractivity contribution < 1.29 is 13.9 Å². The van der Waals surface area contributed by atoms with E-state index in [9.17, 15) is 0 Å². The number of nitrogens with zero attached hydrogens (tertiary/aromatic N) is 2. The number of oxazole rings is 1. The lowest BCUT2D eigenvalue weighted by Crippen LogP contribution is -2.36. The van der Waals surface area contributed by atoms with Crippen LogP contribution in [0.4, 0.5) is 0 Å². The zero-order chi connectivity index (χ0) is 19.1. The first-order valence-electron chi connectivity index (χ1n) is 8.35. The first-order chi connectivity index (χ1) is 12.5. The van der Waals surface area contributed by atoms with Gasteiger partial charge in [-0.2, -0.15) is 0 Å². The second-order valence-electron chi connectivity index (χ2n) is 5.57. The number of aliphatic imine (C=N–C) groups is 1. The molecule has 0 radical (unpaired) electrons. The summed E-state index contributed by atoms with van der Waals surface area (Å²) in [6.45, 7) is 7.19. The van der Waals surface area contributed by atoms with Gasteiger partial charge in [-0.15, -0.1) is 24.0 Å². The van der Waals surface area contributed by atoms with Gasteiger partial charge in [0.15, 0.2) is 17.5 Å². The lowest BCUT2D eigenvalue weighted by Gasteiger charge is -2.15. The van der Waals surface area contributed by atoms with E-state index in [0.717, 1.165) is 17.0 Å². The highest BCUT2D eigenvalue weighted by Gasteiger charge is 2.12. The molecule has 0 aliphatic carbocycles. The molecule has 0 aliphatic rings. The molecule has 0 spiro atoms. The average molecular weight is 509 g/mol. The highest BCUT2D eigenvalue weighted by atomic mass is 127. The number of nitrogens with one attached hydrogen (secondary N) is 2. The van der Waals surface area contributed by atoms with Crippen LogP contribution in [0, 0.1) is 13.8 Å². The maximum Gasteiger partial charge on any atom is 0.214 e. The Morgan fingerprint density at radius 3 is 2.52 bits per heavy atom. The smallest absolute Gasteiger partial charge is 0.214 e. The van der Waals surface area contributed by atoms with Crippen LogP contribution < -0.4 is 20.1 Å². The van der Waals surface area contributed by atoms with Crippen molar-refractivity contribution in [3.05, 3.63) is 40.1 Å². The predicted octanol–water partition coefficient (Wildman–Crippen LogP) is 3.84. The summed E-state index contributed by atoms with van der Waals surface area (Å²) in [5, 5.41) is 6.90. The van der Waals surface area contributed by atoms with E-state index >= 15 is 0 Å². The first-order valence-corrected chi connectivity index (χ1v) is 8.72. The van der Waals surface area contributed by atoms with E-state index in [1.807, 2.05) is 32.9 Å². The standard InChI is InChI=1S/C18H25ClN4O3.HI/c1-6-25-17-14(19)7-13(8-15(17)24-5)9-21-18(20-4)22-10-16-23-11(2)12(3)26-16;/h7-8H,6,9-10H2,1-5H3,(H2,20,21,22);1H. The number of methoxy groups -OCH3 is 1. The zero-order valence-electron chi connectivity index (χ0n) is 16.2. The number of hydrogen-bond donors (Lipinski definition) is 2. The molecule has 0 saturated heterocycles. The summed E-state index contributed by atoms with van der Waals surface area (Å²) >= 11 is 6.30. The van der Waals surface area contributed by atoms with E-state index in [-0.39, 0.29) is 24.0 Å². The molecule has 27 heavy (non-hydrogen) atoms. The second-order valence-corrected chi connectivity index (χ2v) is 5.98. The molecule has 1 aromatic carbocycles. The highest BCUT2D eigenvalue weighted by Crippen LogP contribution is 2.36. The van der Waals surface area contributed by atoms with Crippen molar-refractivity contribution in [1.29, 1.82) is 0 Å². The molecule has 0 amide bonds. The molecule has 1 heterocycles. The summed E-state index contributed by atoms with van der Waals surface area (Å²) in [4.78, 5) is 8.53. The molecule has 2 rings (SSSR count). The average Bonchev–Trinajstić information content (AvgIpc) is 2.95. The molecule has 1 aromatic heterocycles. The first kappa shape index (κ1) is 23.4. The summed E-state index contributed by atoms with van der Waals surface area (Å²) < 4.78 is 16.4. The van der Waals surface area contributed by atoms with Crippen molar-refractivity contribution >= 4 is 41.5 Å². The summed E-state index contributed by atoms with van der Waals surface area (Å²) in [6.07, 6.45) is 0. The molecule has 2 N–H and O–H groups in total. The van der Waals surface area contributed by atoms with Gasteiger partial charge in [-0.05, 0) is 38.5 Å². The van der Waals surface area contributed by atoms with Crippen LogP contribution in [0.2, 0.25) is 5.02 Å². The van der Waals surface area contributed by atoms with Crippen LogP contribution in [0.25, 0.3) is 0 Å². The fourth-order valence-electron chi connectivity index (χ4n) is 2.34. The second kappa shape index (κ2) is 11.2. The van der Waals surface area contributed by atoms with Gasteiger partial charge in [0.2, 0.25) is 5.89 Å². The number of hydrogen-bond acceptors (Lipinski definition) is 5. The molecule has 0 saturated carbocycles. The summed E-state index contributed by atoms with van der Waals surface area (Å²) in [5.74, 6) is 3.22. The van der Waals surface area contributed by atoms with Gasteiger partial charge in [-0.3, -0.25) is 4.99 Å².